The quantitative estimate of drug-likeness (QED) is 0.564. The summed E-state index contributed by atoms with van der Waals surface area (Å²) in [5.74, 6) is 1.19. The van der Waals surface area contributed by atoms with Crippen LogP contribution in [0.15, 0.2) is 68.1 Å². The van der Waals surface area contributed by atoms with Crippen LogP contribution in [-0.4, -0.2) is 10.9 Å². The number of benzene rings is 2. The number of halogens is 2. The van der Waals surface area contributed by atoms with Crippen molar-refractivity contribution in [1.29, 1.82) is 0 Å². The zero-order valence-electron chi connectivity index (χ0n) is 12.6. The van der Waals surface area contributed by atoms with Gasteiger partial charge in [-0.15, -0.1) is 0 Å². The highest BCUT2D eigenvalue weighted by atomic mass is 79.9. The van der Waals surface area contributed by atoms with Gasteiger partial charge in [0, 0.05) is 33.0 Å². The minimum absolute atomic E-state index is 0.0688. The molecule has 1 N–H and O–H groups in total. The fourth-order valence-electron chi connectivity index (χ4n) is 2.15. The molecule has 0 radical (unpaired) electrons. The molecule has 3 aromatic rings. The number of carbonyl (C=O) groups is 1. The molecule has 1 aromatic heterocycles. The Morgan fingerprint density at radius 3 is 2.29 bits per heavy atom. The number of aromatic nitrogens is 1. The molecule has 4 nitrogen and oxygen atoms in total. The number of amides is 1. The van der Waals surface area contributed by atoms with E-state index in [0.29, 0.717) is 24.5 Å². The summed E-state index contributed by atoms with van der Waals surface area (Å²) in [5.41, 5.74) is 1.72. The van der Waals surface area contributed by atoms with Gasteiger partial charge in [0.2, 0.25) is 5.91 Å². The van der Waals surface area contributed by atoms with Crippen LogP contribution in [0, 0.1) is 0 Å². The molecule has 1 heterocycles. The number of oxazole rings is 1. The lowest BCUT2D eigenvalue weighted by Crippen LogP contribution is -2.12. The van der Waals surface area contributed by atoms with Gasteiger partial charge in [-0.05, 0) is 36.4 Å². The predicted molar refractivity (Wildman–Crippen MR) is 101 cm³/mol. The van der Waals surface area contributed by atoms with Gasteiger partial charge >= 0.3 is 0 Å². The molecular weight excluding hydrogens is 436 g/mol. The standard InChI is InChI=1S/C18H14Br2N2O2/c19-13-3-1-12(2-4-13)16-11-21-18(24-16)10-9-17(23)22-15-7-5-14(20)6-8-15/h1-8,11H,9-10H2,(H,22,23). The summed E-state index contributed by atoms with van der Waals surface area (Å²) in [6, 6.07) is 15.3. The molecule has 0 fully saturated rings. The van der Waals surface area contributed by atoms with Gasteiger partial charge in [-0.25, -0.2) is 4.98 Å². The van der Waals surface area contributed by atoms with Crippen LogP contribution in [-0.2, 0) is 11.2 Å². The molecule has 3 rings (SSSR count). The number of anilines is 1. The molecule has 6 heteroatoms. The zero-order valence-corrected chi connectivity index (χ0v) is 15.8. The van der Waals surface area contributed by atoms with Gasteiger partial charge < -0.3 is 9.73 Å². The first-order valence-electron chi connectivity index (χ1n) is 7.36. The van der Waals surface area contributed by atoms with E-state index >= 15 is 0 Å². The van der Waals surface area contributed by atoms with E-state index in [1.807, 2.05) is 48.5 Å². The molecule has 0 unspecified atom stereocenters. The van der Waals surface area contributed by atoms with Crippen molar-refractivity contribution in [3.05, 3.63) is 69.6 Å². The van der Waals surface area contributed by atoms with Crippen LogP contribution in [0.3, 0.4) is 0 Å². The van der Waals surface area contributed by atoms with Crippen molar-refractivity contribution in [2.24, 2.45) is 0 Å². The summed E-state index contributed by atoms with van der Waals surface area (Å²) >= 11 is 6.76. The van der Waals surface area contributed by atoms with Crippen molar-refractivity contribution >= 4 is 43.5 Å². The Labute approximate surface area is 156 Å². The van der Waals surface area contributed by atoms with Crippen LogP contribution in [0.1, 0.15) is 12.3 Å². The van der Waals surface area contributed by atoms with Gasteiger partial charge in [-0.1, -0.05) is 44.0 Å². The maximum absolute atomic E-state index is 12.0. The lowest BCUT2D eigenvalue weighted by Gasteiger charge is -2.04. The first-order chi connectivity index (χ1) is 11.6. The highest BCUT2D eigenvalue weighted by Crippen LogP contribution is 2.23. The van der Waals surface area contributed by atoms with E-state index in [2.05, 4.69) is 42.2 Å². The molecule has 0 saturated heterocycles. The third kappa shape index (κ3) is 4.55. The molecule has 0 aliphatic carbocycles. The van der Waals surface area contributed by atoms with Gasteiger partial charge in [-0.2, -0.15) is 0 Å². The van der Waals surface area contributed by atoms with E-state index < -0.39 is 0 Å². The van der Waals surface area contributed by atoms with Crippen molar-refractivity contribution < 1.29 is 9.21 Å². The molecule has 2 aromatic carbocycles. The van der Waals surface area contributed by atoms with Crippen molar-refractivity contribution in [3.8, 4) is 11.3 Å². The number of rotatable bonds is 5. The highest BCUT2D eigenvalue weighted by Gasteiger charge is 2.09. The lowest BCUT2D eigenvalue weighted by molar-refractivity contribution is -0.116. The fourth-order valence-corrected chi connectivity index (χ4v) is 2.68. The first kappa shape index (κ1) is 16.9. The Bertz CT molecular complexity index is 827. The number of nitrogens with zero attached hydrogens (tertiary/aromatic N) is 1. The molecular formula is C18H14Br2N2O2. The van der Waals surface area contributed by atoms with Crippen LogP contribution >= 0.6 is 31.9 Å². The summed E-state index contributed by atoms with van der Waals surface area (Å²) in [4.78, 5) is 16.2. The molecule has 24 heavy (non-hydrogen) atoms. The van der Waals surface area contributed by atoms with Crippen molar-refractivity contribution in [2.75, 3.05) is 5.32 Å². The smallest absolute Gasteiger partial charge is 0.224 e. The molecule has 0 atom stereocenters. The second kappa shape index (κ2) is 7.77. The van der Waals surface area contributed by atoms with E-state index in [-0.39, 0.29) is 5.91 Å². The maximum Gasteiger partial charge on any atom is 0.224 e. The average molecular weight is 450 g/mol. The van der Waals surface area contributed by atoms with Gasteiger partial charge in [-0.3, -0.25) is 4.79 Å². The number of hydrogen-bond donors (Lipinski definition) is 1. The Morgan fingerprint density at radius 2 is 1.62 bits per heavy atom. The SMILES string of the molecule is O=C(CCc1ncc(-c2ccc(Br)cc2)o1)Nc1ccc(Br)cc1. The minimum atomic E-state index is -0.0688. The Morgan fingerprint density at radius 1 is 1.00 bits per heavy atom. The molecule has 0 bridgehead atoms. The van der Waals surface area contributed by atoms with E-state index in [1.165, 1.54) is 0 Å². The van der Waals surface area contributed by atoms with Crippen LogP contribution in [0.2, 0.25) is 0 Å². The molecule has 122 valence electrons. The summed E-state index contributed by atoms with van der Waals surface area (Å²) in [7, 11) is 0. The minimum Gasteiger partial charge on any atom is -0.441 e. The average Bonchev–Trinajstić information content (AvgIpc) is 3.05. The molecule has 0 spiro atoms. The van der Waals surface area contributed by atoms with E-state index in [0.717, 1.165) is 20.2 Å². The van der Waals surface area contributed by atoms with Gasteiger partial charge in [0.25, 0.3) is 0 Å². The lowest BCUT2D eigenvalue weighted by atomic mass is 10.2. The van der Waals surface area contributed by atoms with Gasteiger partial charge in [0.15, 0.2) is 11.7 Å². The monoisotopic (exact) mass is 448 g/mol. The number of carbonyl (C=O) groups excluding carboxylic acids is 1. The van der Waals surface area contributed by atoms with Crippen LogP contribution in [0.5, 0.6) is 0 Å². The molecule has 0 aliphatic heterocycles. The van der Waals surface area contributed by atoms with E-state index in [9.17, 15) is 4.79 Å². The maximum atomic E-state index is 12.0. The molecule has 1 amide bonds. The molecule has 0 saturated carbocycles. The van der Waals surface area contributed by atoms with Crippen LogP contribution in [0.25, 0.3) is 11.3 Å². The zero-order chi connectivity index (χ0) is 16.9. The second-order valence-corrected chi connectivity index (χ2v) is 7.01. The van der Waals surface area contributed by atoms with Crippen molar-refractivity contribution in [2.45, 2.75) is 12.8 Å². The first-order valence-corrected chi connectivity index (χ1v) is 8.95. The van der Waals surface area contributed by atoms with Crippen molar-refractivity contribution in [1.82, 2.24) is 4.98 Å². The Hall–Kier alpha value is -1.92. The van der Waals surface area contributed by atoms with Gasteiger partial charge in [0.05, 0.1) is 6.20 Å². The van der Waals surface area contributed by atoms with Crippen LogP contribution < -0.4 is 5.32 Å². The summed E-state index contributed by atoms with van der Waals surface area (Å²) < 4.78 is 7.70. The summed E-state index contributed by atoms with van der Waals surface area (Å²) in [6.45, 7) is 0. The third-order valence-electron chi connectivity index (χ3n) is 3.38. The van der Waals surface area contributed by atoms with Crippen molar-refractivity contribution in [3.63, 3.8) is 0 Å². The number of aryl methyl sites for hydroxylation is 1. The third-order valence-corrected chi connectivity index (χ3v) is 4.43. The number of hydrogen-bond acceptors (Lipinski definition) is 3. The normalized spacial score (nSPS) is 10.6. The fraction of sp³-hybridized carbons (Fsp3) is 0.111. The molecule has 0 aliphatic rings. The summed E-state index contributed by atoms with van der Waals surface area (Å²) in [5, 5.41) is 2.85. The second-order valence-electron chi connectivity index (χ2n) is 5.18. The predicted octanol–water partition coefficient (Wildman–Crippen LogP) is 5.44. The number of nitrogens with one attached hydrogen (secondary N) is 1. The summed E-state index contributed by atoms with van der Waals surface area (Å²) in [6.07, 6.45) is 2.46. The Kier molecular flexibility index (Phi) is 5.48. The Balaban J connectivity index is 1.56. The topological polar surface area (TPSA) is 55.1 Å². The van der Waals surface area contributed by atoms with E-state index in [1.54, 1.807) is 6.20 Å². The van der Waals surface area contributed by atoms with E-state index in [4.69, 9.17) is 4.42 Å². The highest BCUT2D eigenvalue weighted by molar-refractivity contribution is 9.10. The largest absolute Gasteiger partial charge is 0.441 e. The van der Waals surface area contributed by atoms with Crippen LogP contribution in [0.4, 0.5) is 5.69 Å². The van der Waals surface area contributed by atoms with Gasteiger partial charge in [0.1, 0.15) is 0 Å².